The lowest BCUT2D eigenvalue weighted by molar-refractivity contribution is -0.138. The number of esters is 2. The lowest BCUT2D eigenvalue weighted by Crippen LogP contribution is -2.09. The summed E-state index contributed by atoms with van der Waals surface area (Å²) in [5.41, 5.74) is 0.123. The molecule has 110 valence electrons. The van der Waals surface area contributed by atoms with Crippen molar-refractivity contribution >= 4 is 17.8 Å². The van der Waals surface area contributed by atoms with Gasteiger partial charge in [-0.2, -0.15) is 5.26 Å². The van der Waals surface area contributed by atoms with Crippen LogP contribution in [-0.2, 0) is 14.3 Å². The molecule has 1 N–H and O–H groups in total. The van der Waals surface area contributed by atoms with Crippen molar-refractivity contribution in [3.05, 3.63) is 35.7 Å². The maximum absolute atomic E-state index is 11.6. The average Bonchev–Trinajstić information content (AvgIpc) is 2.49. The molecule has 0 fully saturated rings. The van der Waals surface area contributed by atoms with Crippen LogP contribution in [0.15, 0.2) is 30.1 Å². The highest BCUT2D eigenvalue weighted by Gasteiger charge is 2.10. The van der Waals surface area contributed by atoms with E-state index >= 15 is 0 Å². The molecule has 0 radical (unpaired) electrons. The number of anilines is 1. The predicted molar refractivity (Wildman–Crippen MR) is 74.1 cm³/mol. The second-order valence-corrected chi connectivity index (χ2v) is 3.68. The summed E-state index contributed by atoms with van der Waals surface area (Å²) in [5.74, 6) is -0.899. The van der Waals surface area contributed by atoms with Crippen molar-refractivity contribution < 1.29 is 19.1 Å². The molecule has 21 heavy (non-hydrogen) atoms. The first-order chi connectivity index (χ1) is 10.1. The van der Waals surface area contributed by atoms with E-state index in [9.17, 15) is 9.59 Å². The Balaban J connectivity index is 2.83. The molecule has 0 aliphatic heterocycles. The van der Waals surface area contributed by atoms with Crippen molar-refractivity contribution in [2.45, 2.75) is 13.8 Å². The van der Waals surface area contributed by atoms with Gasteiger partial charge in [-0.3, -0.25) is 0 Å². The zero-order valence-corrected chi connectivity index (χ0v) is 11.8. The second-order valence-electron chi connectivity index (χ2n) is 3.68. The molecule has 0 atom stereocenters. The fourth-order valence-electron chi connectivity index (χ4n) is 1.34. The molecular formula is C14H15N3O4. The standard InChI is InChI=1S/C14H15N3O4/c1-3-20-13(18)10-5-6-16-12(7-10)17-9-11(8-15)14(19)21-4-2/h5-7,9H,3-4H2,1-2H3,(H,16,17)/b11-9+. The Kier molecular flexibility index (Phi) is 6.41. The van der Waals surface area contributed by atoms with Gasteiger partial charge in [-0.1, -0.05) is 0 Å². The molecule has 7 nitrogen and oxygen atoms in total. The monoisotopic (exact) mass is 289 g/mol. The molecule has 0 aliphatic rings. The molecule has 0 spiro atoms. The maximum atomic E-state index is 11.6. The zero-order valence-electron chi connectivity index (χ0n) is 11.8. The van der Waals surface area contributed by atoms with E-state index in [1.165, 1.54) is 24.5 Å². The topological polar surface area (TPSA) is 101 Å². The van der Waals surface area contributed by atoms with Gasteiger partial charge in [0.1, 0.15) is 11.9 Å². The van der Waals surface area contributed by atoms with Gasteiger partial charge in [0.25, 0.3) is 0 Å². The molecule has 1 heterocycles. The Labute approximate surface area is 122 Å². The minimum absolute atomic E-state index is 0.175. The summed E-state index contributed by atoms with van der Waals surface area (Å²) in [6.45, 7) is 3.80. The quantitative estimate of drug-likeness (QED) is 0.482. The Hall–Kier alpha value is -2.88. The number of aromatic nitrogens is 1. The predicted octanol–water partition coefficient (Wildman–Crippen LogP) is 1.64. The molecule has 0 saturated carbocycles. The average molecular weight is 289 g/mol. The van der Waals surface area contributed by atoms with Gasteiger partial charge >= 0.3 is 11.9 Å². The number of pyridine rings is 1. The molecule has 1 aromatic rings. The Morgan fingerprint density at radius 3 is 2.71 bits per heavy atom. The van der Waals surface area contributed by atoms with Crippen molar-refractivity contribution in [1.29, 1.82) is 5.26 Å². The number of rotatable bonds is 6. The fourth-order valence-corrected chi connectivity index (χ4v) is 1.34. The van der Waals surface area contributed by atoms with E-state index in [4.69, 9.17) is 14.7 Å². The van der Waals surface area contributed by atoms with Gasteiger partial charge < -0.3 is 14.8 Å². The van der Waals surface area contributed by atoms with Crippen LogP contribution in [-0.4, -0.2) is 30.1 Å². The van der Waals surface area contributed by atoms with Crippen LogP contribution in [0.5, 0.6) is 0 Å². The van der Waals surface area contributed by atoms with Crippen LogP contribution in [0.2, 0.25) is 0 Å². The third-order valence-electron chi connectivity index (χ3n) is 2.25. The third kappa shape index (κ3) is 4.95. The van der Waals surface area contributed by atoms with E-state index in [1.54, 1.807) is 19.9 Å². The first kappa shape index (κ1) is 16.2. The summed E-state index contributed by atoms with van der Waals surface area (Å²) >= 11 is 0. The largest absolute Gasteiger partial charge is 0.462 e. The Bertz CT molecular complexity index is 590. The van der Waals surface area contributed by atoms with E-state index in [0.29, 0.717) is 11.4 Å². The Morgan fingerprint density at radius 1 is 1.38 bits per heavy atom. The van der Waals surface area contributed by atoms with Crippen molar-refractivity contribution in [2.24, 2.45) is 0 Å². The summed E-state index contributed by atoms with van der Waals surface area (Å²) in [6, 6.07) is 4.68. The lowest BCUT2D eigenvalue weighted by Gasteiger charge is -2.05. The van der Waals surface area contributed by atoms with Gasteiger partial charge in [-0.15, -0.1) is 0 Å². The number of nitriles is 1. The fraction of sp³-hybridized carbons (Fsp3) is 0.286. The zero-order chi connectivity index (χ0) is 15.7. The van der Waals surface area contributed by atoms with Gasteiger partial charge in [-0.25, -0.2) is 14.6 Å². The summed E-state index contributed by atoms with van der Waals surface area (Å²) in [4.78, 5) is 26.9. The molecule has 0 amide bonds. The normalized spacial score (nSPS) is 10.4. The number of carbonyl (C=O) groups is 2. The van der Waals surface area contributed by atoms with E-state index < -0.39 is 11.9 Å². The van der Waals surface area contributed by atoms with Crippen LogP contribution in [0.25, 0.3) is 0 Å². The first-order valence-corrected chi connectivity index (χ1v) is 6.29. The molecular weight excluding hydrogens is 274 g/mol. The van der Waals surface area contributed by atoms with E-state index in [2.05, 4.69) is 10.3 Å². The highest BCUT2D eigenvalue weighted by atomic mass is 16.5. The number of ether oxygens (including phenoxy) is 2. The van der Waals surface area contributed by atoms with Gasteiger partial charge in [0.05, 0.1) is 18.8 Å². The van der Waals surface area contributed by atoms with Crippen LogP contribution >= 0.6 is 0 Å². The SMILES string of the molecule is CCOC(=O)/C(C#N)=C/Nc1cc(C(=O)OCC)ccn1. The van der Waals surface area contributed by atoms with Gasteiger partial charge in [0.2, 0.25) is 0 Å². The summed E-state index contributed by atoms with van der Waals surface area (Å²) in [7, 11) is 0. The van der Waals surface area contributed by atoms with Gasteiger partial charge in [-0.05, 0) is 26.0 Å². The van der Waals surface area contributed by atoms with Gasteiger partial charge in [0, 0.05) is 12.4 Å². The van der Waals surface area contributed by atoms with Gasteiger partial charge in [0.15, 0.2) is 5.57 Å². The summed E-state index contributed by atoms with van der Waals surface area (Å²) in [5, 5.41) is 11.5. The molecule has 0 saturated heterocycles. The number of nitrogens with zero attached hydrogens (tertiary/aromatic N) is 2. The molecule has 7 heteroatoms. The molecule has 0 unspecified atom stereocenters. The number of hydrogen-bond acceptors (Lipinski definition) is 7. The van der Waals surface area contributed by atoms with Crippen molar-refractivity contribution in [1.82, 2.24) is 4.98 Å². The maximum Gasteiger partial charge on any atom is 0.350 e. The highest BCUT2D eigenvalue weighted by molar-refractivity contribution is 5.93. The lowest BCUT2D eigenvalue weighted by atomic mass is 10.2. The van der Waals surface area contributed by atoms with Crippen molar-refractivity contribution in [2.75, 3.05) is 18.5 Å². The molecule has 0 aromatic carbocycles. The molecule has 0 aliphatic carbocycles. The van der Waals surface area contributed by atoms with Crippen LogP contribution < -0.4 is 5.32 Å². The van der Waals surface area contributed by atoms with Crippen LogP contribution in [0, 0.1) is 11.3 Å². The number of hydrogen-bond donors (Lipinski definition) is 1. The first-order valence-electron chi connectivity index (χ1n) is 6.29. The van der Waals surface area contributed by atoms with Crippen LogP contribution in [0.3, 0.4) is 0 Å². The van der Waals surface area contributed by atoms with E-state index in [-0.39, 0.29) is 18.8 Å². The van der Waals surface area contributed by atoms with Crippen molar-refractivity contribution in [3.8, 4) is 6.07 Å². The van der Waals surface area contributed by atoms with Crippen LogP contribution in [0.4, 0.5) is 5.82 Å². The Morgan fingerprint density at radius 2 is 2.10 bits per heavy atom. The highest BCUT2D eigenvalue weighted by Crippen LogP contribution is 2.09. The minimum Gasteiger partial charge on any atom is -0.462 e. The smallest absolute Gasteiger partial charge is 0.350 e. The van der Waals surface area contributed by atoms with E-state index in [1.807, 2.05) is 0 Å². The molecule has 1 aromatic heterocycles. The minimum atomic E-state index is -0.728. The molecule has 0 bridgehead atoms. The number of nitrogens with one attached hydrogen (secondary N) is 1. The number of carbonyl (C=O) groups excluding carboxylic acids is 2. The molecule has 1 rings (SSSR count). The van der Waals surface area contributed by atoms with Crippen molar-refractivity contribution in [3.63, 3.8) is 0 Å². The summed E-state index contributed by atoms with van der Waals surface area (Å²) in [6.07, 6.45) is 2.59. The van der Waals surface area contributed by atoms with E-state index in [0.717, 1.165) is 0 Å². The third-order valence-corrected chi connectivity index (χ3v) is 2.25. The summed E-state index contributed by atoms with van der Waals surface area (Å²) < 4.78 is 9.58. The van der Waals surface area contributed by atoms with Crippen LogP contribution in [0.1, 0.15) is 24.2 Å². The second kappa shape index (κ2) is 8.32.